The van der Waals surface area contributed by atoms with Crippen molar-refractivity contribution in [2.75, 3.05) is 12.4 Å². The summed E-state index contributed by atoms with van der Waals surface area (Å²) in [4.78, 5) is 23.5. The lowest BCUT2D eigenvalue weighted by Crippen LogP contribution is -2.18. The average Bonchev–Trinajstić information content (AvgIpc) is 2.60. The molecule has 0 unspecified atom stereocenters. The third-order valence-corrected chi connectivity index (χ3v) is 3.43. The molecule has 4 nitrogen and oxygen atoms in total. The summed E-state index contributed by atoms with van der Waals surface area (Å²) in [7, 11) is 1.57. The Labute approximate surface area is 136 Å². The van der Waals surface area contributed by atoms with Gasteiger partial charge in [0.2, 0.25) is 5.91 Å². The second-order valence-electron chi connectivity index (χ2n) is 5.08. The summed E-state index contributed by atoms with van der Waals surface area (Å²) in [5, 5.41) is 5.30. The number of hydrogen-bond acceptors (Lipinski definition) is 2. The Morgan fingerprint density at radius 3 is 2.48 bits per heavy atom. The summed E-state index contributed by atoms with van der Waals surface area (Å²) in [6.45, 7) is 2.10. The van der Waals surface area contributed by atoms with Crippen LogP contribution in [0.15, 0.2) is 54.6 Å². The van der Waals surface area contributed by atoms with Gasteiger partial charge in [-0.15, -0.1) is 0 Å². The first kappa shape index (κ1) is 16.5. The van der Waals surface area contributed by atoms with Crippen molar-refractivity contribution in [2.24, 2.45) is 0 Å². The molecule has 0 bridgehead atoms. The smallest absolute Gasteiger partial charge is 0.251 e. The van der Waals surface area contributed by atoms with Crippen LogP contribution in [0.5, 0.6) is 0 Å². The van der Waals surface area contributed by atoms with E-state index in [-0.39, 0.29) is 11.8 Å². The van der Waals surface area contributed by atoms with E-state index in [4.69, 9.17) is 0 Å². The molecule has 0 aromatic heterocycles. The fourth-order valence-corrected chi connectivity index (χ4v) is 2.10. The third kappa shape index (κ3) is 4.81. The van der Waals surface area contributed by atoms with E-state index >= 15 is 0 Å². The lowest BCUT2D eigenvalue weighted by atomic mass is 10.1. The van der Waals surface area contributed by atoms with Crippen LogP contribution in [0.2, 0.25) is 0 Å². The quantitative estimate of drug-likeness (QED) is 0.833. The standard InChI is InChI=1S/C19H20N2O2/c1-3-14-7-9-15(10-8-14)11-12-18(22)21-17-6-4-5-16(13-17)19(23)20-2/h4-13H,3H2,1-2H3,(H,20,23)(H,21,22)/b12-11+. The molecule has 0 radical (unpaired) electrons. The molecule has 23 heavy (non-hydrogen) atoms. The monoisotopic (exact) mass is 308 g/mol. The maximum Gasteiger partial charge on any atom is 0.251 e. The molecule has 118 valence electrons. The van der Waals surface area contributed by atoms with Gasteiger partial charge in [0.25, 0.3) is 5.91 Å². The number of rotatable bonds is 5. The molecule has 0 atom stereocenters. The van der Waals surface area contributed by atoms with Crippen LogP contribution in [-0.4, -0.2) is 18.9 Å². The lowest BCUT2D eigenvalue weighted by Gasteiger charge is -2.05. The summed E-state index contributed by atoms with van der Waals surface area (Å²) in [6.07, 6.45) is 4.23. The highest BCUT2D eigenvalue weighted by Crippen LogP contribution is 2.11. The van der Waals surface area contributed by atoms with Gasteiger partial charge in [0.15, 0.2) is 0 Å². The summed E-state index contributed by atoms with van der Waals surface area (Å²) >= 11 is 0. The summed E-state index contributed by atoms with van der Waals surface area (Å²) < 4.78 is 0. The Balaban J connectivity index is 2.01. The minimum absolute atomic E-state index is 0.187. The lowest BCUT2D eigenvalue weighted by molar-refractivity contribution is -0.111. The summed E-state index contributed by atoms with van der Waals surface area (Å²) in [6, 6.07) is 14.9. The molecule has 2 N–H and O–H groups in total. The molecule has 0 aliphatic carbocycles. The van der Waals surface area contributed by atoms with E-state index in [0.717, 1.165) is 12.0 Å². The minimum atomic E-state index is -0.237. The highest BCUT2D eigenvalue weighted by atomic mass is 16.2. The summed E-state index contributed by atoms with van der Waals surface area (Å²) in [5.41, 5.74) is 3.32. The third-order valence-electron chi connectivity index (χ3n) is 3.43. The van der Waals surface area contributed by atoms with Crippen LogP contribution < -0.4 is 10.6 Å². The van der Waals surface area contributed by atoms with Crippen molar-refractivity contribution in [3.8, 4) is 0 Å². The van der Waals surface area contributed by atoms with E-state index in [1.54, 1.807) is 37.4 Å². The number of aryl methyl sites for hydroxylation is 1. The van der Waals surface area contributed by atoms with E-state index in [2.05, 4.69) is 17.6 Å². The van der Waals surface area contributed by atoms with E-state index in [1.807, 2.05) is 24.3 Å². The second-order valence-corrected chi connectivity index (χ2v) is 5.08. The molecule has 4 heteroatoms. The zero-order valence-electron chi connectivity index (χ0n) is 13.3. The molecule has 2 aromatic carbocycles. The number of hydrogen-bond donors (Lipinski definition) is 2. The number of anilines is 1. The molecule has 2 rings (SSSR count). The van der Waals surface area contributed by atoms with Gasteiger partial charge in [0.1, 0.15) is 0 Å². The summed E-state index contributed by atoms with van der Waals surface area (Å²) in [5.74, 6) is -0.425. The highest BCUT2D eigenvalue weighted by molar-refractivity contribution is 6.03. The molecule has 2 amide bonds. The number of carbonyl (C=O) groups excluding carboxylic acids is 2. The van der Waals surface area contributed by atoms with Crippen LogP contribution >= 0.6 is 0 Å². The van der Waals surface area contributed by atoms with Gasteiger partial charge in [0, 0.05) is 24.4 Å². The van der Waals surface area contributed by atoms with Gasteiger partial charge in [0.05, 0.1) is 0 Å². The SMILES string of the molecule is CCc1ccc(/C=C/C(=O)Nc2cccc(C(=O)NC)c2)cc1. The molecule has 0 saturated heterocycles. The zero-order valence-corrected chi connectivity index (χ0v) is 13.3. The van der Waals surface area contributed by atoms with E-state index in [9.17, 15) is 9.59 Å². The van der Waals surface area contributed by atoms with E-state index in [1.165, 1.54) is 11.6 Å². The first-order chi connectivity index (χ1) is 11.1. The highest BCUT2D eigenvalue weighted by Gasteiger charge is 2.04. The van der Waals surface area contributed by atoms with Gasteiger partial charge in [-0.05, 0) is 41.8 Å². The van der Waals surface area contributed by atoms with Crippen molar-refractivity contribution < 1.29 is 9.59 Å². The molecule has 0 fully saturated rings. The largest absolute Gasteiger partial charge is 0.355 e. The topological polar surface area (TPSA) is 58.2 Å². The van der Waals surface area contributed by atoms with Gasteiger partial charge in [-0.3, -0.25) is 9.59 Å². The first-order valence-corrected chi connectivity index (χ1v) is 7.52. The van der Waals surface area contributed by atoms with Gasteiger partial charge in [-0.25, -0.2) is 0 Å². The molecule has 0 heterocycles. The molecule has 2 aromatic rings. The number of carbonyl (C=O) groups is 2. The Morgan fingerprint density at radius 1 is 1.09 bits per heavy atom. The first-order valence-electron chi connectivity index (χ1n) is 7.52. The molecule has 0 aliphatic heterocycles. The maximum atomic E-state index is 12.0. The van der Waals surface area contributed by atoms with Gasteiger partial charge in [-0.1, -0.05) is 37.3 Å². The van der Waals surface area contributed by atoms with Crippen molar-refractivity contribution in [3.05, 3.63) is 71.3 Å². The Hall–Kier alpha value is -2.88. The van der Waals surface area contributed by atoms with Crippen molar-refractivity contribution in [1.82, 2.24) is 5.32 Å². The fraction of sp³-hybridized carbons (Fsp3) is 0.158. The number of benzene rings is 2. The molecular formula is C19H20N2O2. The van der Waals surface area contributed by atoms with Gasteiger partial charge < -0.3 is 10.6 Å². The molecule has 0 saturated carbocycles. The van der Waals surface area contributed by atoms with Crippen molar-refractivity contribution in [3.63, 3.8) is 0 Å². The van der Waals surface area contributed by atoms with Gasteiger partial charge in [-0.2, -0.15) is 0 Å². The average molecular weight is 308 g/mol. The van der Waals surface area contributed by atoms with Crippen LogP contribution in [0.4, 0.5) is 5.69 Å². The van der Waals surface area contributed by atoms with Gasteiger partial charge >= 0.3 is 0 Å². The second kappa shape index (κ2) is 7.94. The van der Waals surface area contributed by atoms with Crippen molar-refractivity contribution in [2.45, 2.75) is 13.3 Å². The van der Waals surface area contributed by atoms with E-state index < -0.39 is 0 Å². The van der Waals surface area contributed by atoms with Crippen molar-refractivity contribution >= 4 is 23.6 Å². The predicted molar refractivity (Wildman–Crippen MR) is 93.3 cm³/mol. The fourth-order valence-electron chi connectivity index (χ4n) is 2.10. The Morgan fingerprint density at radius 2 is 1.83 bits per heavy atom. The van der Waals surface area contributed by atoms with Crippen LogP contribution in [-0.2, 0) is 11.2 Å². The Kier molecular flexibility index (Phi) is 5.69. The molecule has 0 aliphatic rings. The maximum absolute atomic E-state index is 12.0. The van der Waals surface area contributed by atoms with Crippen molar-refractivity contribution in [1.29, 1.82) is 0 Å². The number of nitrogens with one attached hydrogen (secondary N) is 2. The van der Waals surface area contributed by atoms with Crippen LogP contribution in [0, 0.1) is 0 Å². The number of amides is 2. The van der Waals surface area contributed by atoms with E-state index in [0.29, 0.717) is 11.3 Å². The van der Waals surface area contributed by atoms with Crippen LogP contribution in [0.25, 0.3) is 6.08 Å². The molecule has 0 spiro atoms. The normalized spacial score (nSPS) is 10.5. The minimum Gasteiger partial charge on any atom is -0.355 e. The van der Waals surface area contributed by atoms with Crippen LogP contribution in [0.3, 0.4) is 0 Å². The zero-order chi connectivity index (χ0) is 16.7. The Bertz CT molecular complexity index is 718. The van der Waals surface area contributed by atoms with Crippen LogP contribution in [0.1, 0.15) is 28.4 Å². The predicted octanol–water partition coefficient (Wildman–Crippen LogP) is 3.26. The molecular weight excluding hydrogens is 288 g/mol.